The van der Waals surface area contributed by atoms with Crippen LogP contribution in [0.3, 0.4) is 0 Å². The normalized spacial score (nSPS) is 12.3. The van der Waals surface area contributed by atoms with Crippen LogP contribution in [0.15, 0.2) is 54.6 Å². The molecule has 0 bridgehead atoms. The number of hydrogen-bond acceptors (Lipinski definition) is 2. The number of nitrogens with one attached hydrogen (secondary N) is 1. The molecule has 0 spiro atoms. The average Bonchev–Trinajstić information content (AvgIpc) is 2.56. The maximum absolute atomic E-state index is 12.3. The van der Waals surface area contributed by atoms with Gasteiger partial charge in [-0.25, -0.2) is 0 Å². The van der Waals surface area contributed by atoms with Crippen molar-refractivity contribution in [3.63, 3.8) is 0 Å². The van der Waals surface area contributed by atoms with E-state index in [0.717, 1.165) is 12.0 Å². The monoisotopic (exact) mass is 352 g/mol. The molecule has 0 aliphatic rings. The second-order valence-corrected chi connectivity index (χ2v) is 7.60. The summed E-state index contributed by atoms with van der Waals surface area (Å²) in [5, 5.41) is 3.10. The molecule has 1 unspecified atom stereocenters. The lowest BCUT2D eigenvalue weighted by molar-refractivity contribution is -0.121. The molecule has 0 radical (unpaired) electrons. The highest BCUT2D eigenvalue weighted by Crippen LogP contribution is 2.21. The number of hydrogen-bond donors (Lipinski definition) is 1. The lowest BCUT2D eigenvalue weighted by Gasteiger charge is -2.33. The van der Waals surface area contributed by atoms with Gasteiger partial charge in [-0.3, -0.25) is 4.79 Å². The molecule has 140 valence electrons. The third kappa shape index (κ3) is 5.91. The quantitative estimate of drug-likeness (QED) is 0.753. The van der Waals surface area contributed by atoms with Crippen molar-refractivity contribution in [2.45, 2.75) is 65.6 Å². The van der Waals surface area contributed by atoms with Crippen molar-refractivity contribution in [2.24, 2.45) is 0 Å². The van der Waals surface area contributed by atoms with Crippen molar-refractivity contribution in [3.8, 4) is 0 Å². The van der Waals surface area contributed by atoms with Gasteiger partial charge in [-0.15, -0.1) is 0 Å². The van der Waals surface area contributed by atoms with Crippen LogP contribution in [0.1, 0.15) is 45.7 Å². The van der Waals surface area contributed by atoms with E-state index in [2.05, 4.69) is 81.2 Å². The van der Waals surface area contributed by atoms with Crippen molar-refractivity contribution in [3.05, 3.63) is 65.7 Å². The van der Waals surface area contributed by atoms with Gasteiger partial charge in [0.1, 0.15) is 0 Å². The summed E-state index contributed by atoms with van der Waals surface area (Å²) in [5.41, 5.74) is 3.49. The molecular weight excluding hydrogens is 320 g/mol. The zero-order chi connectivity index (χ0) is 19.1. The maximum Gasteiger partial charge on any atom is 0.224 e. The molecular formula is C23H32N2O. The Hall–Kier alpha value is -2.29. The second kappa shape index (κ2) is 9.42. The molecule has 0 aromatic heterocycles. The molecule has 3 nitrogen and oxygen atoms in total. The molecule has 3 heteroatoms. The van der Waals surface area contributed by atoms with E-state index in [-0.39, 0.29) is 11.9 Å². The first-order valence-corrected chi connectivity index (χ1v) is 9.57. The zero-order valence-electron chi connectivity index (χ0n) is 16.7. The van der Waals surface area contributed by atoms with Crippen LogP contribution < -0.4 is 10.2 Å². The van der Waals surface area contributed by atoms with Crippen molar-refractivity contribution in [2.75, 3.05) is 4.90 Å². The van der Waals surface area contributed by atoms with Gasteiger partial charge >= 0.3 is 0 Å². The van der Waals surface area contributed by atoms with Crippen LogP contribution in [0.5, 0.6) is 0 Å². The fraction of sp³-hybridized carbons (Fsp3) is 0.435. The van der Waals surface area contributed by atoms with Gasteiger partial charge in [0.25, 0.3) is 0 Å². The Morgan fingerprint density at radius 1 is 0.846 bits per heavy atom. The molecule has 1 atom stereocenters. The Morgan fingerprint density at radius 2 is 1.42 bits per heavy atom. The van der Waals surface area contributed by atoms with Gasteiger partial charge in [-0.2, -0.15) is 0 Å². The Kier molecular flexibility index (Phi) is 7.26. The van der Waals surface area contributed by atoms with Crippen LogP contribution in [0.4, 0.5) is 5.69 Å². The predicted molar refractivity (Wildman–Crippen MR) is 111 cm³/mol. The molecule has 26 heavy (non-hydrogen) atoms. The zero-order valence-corrected chi connectivity index (χ0v) is 16.7. The van der Waals surface area contributed by atoms with Crippen LogP contribution in [-0.4, -0.2) is 24.0 Å². The van der Waals surface area contributed by atoms with Gasteiger partial charge in [0.2, 0.25) is 5.91 Å². The molecule has 0 heterocycles. The highest BCUT2D eigenvalue weighted by atomic mass is 16.1. The summed E-state index contributed by atoms with van der Waals surface area (Å²) in [6.45, 7) is 10.9. The minimum atomic E-state index is 0.0748. The largest absolute Gasteiger partial charge is 0.367 e. The van der Waals surface area contributed by atoms with Gasteiger partial charge in [0, 0.05) is 23.8 Å². The number of carbonyl (C=O) groups excluding carboxylic acids is 1. The Bertz CT molecular complexity index is 669. The number of amides is 1. The number of carbonyl (C=O) groups is 1. The fourth-order valence-electron chi connectivity index (χ4n) is 3.51. The average molecular weight is 353 g/mol. The van der Waals surface area contributed by atoms with Gasteiger partial charge in [-0.05, 0) is 64.3 Å². The number of anilines is 1. The highest BCUT2D eigenvalue weighted by molar-refractivity contribution is 5.79. The summed E-state index contributed by atoms with van der Waals surface area (Å²) >= 11 is 0. The Morgan fingerprint density at radius 3 is 1.96 bits per heavy atom. The molecule has 0 aliphatic heterocycles. The van der Waals surface area contributed by atoms with E-state index in [1.54, 1.807) is 0 Å². The van der Waals surface area contributed by atoms with E-state index in [9.17, 15) is 4.79 Å². The molecule has 1 amide bonds. The smallest absolute Gasteiger partial charge is 0.224 e. The number of nitrogens with zero attached hydrogens (tertiary/aromatic N) is 1. The molecule has 0 saturated carbocycles. The van der Waals surface area contributed by atoms with Crippen LogP contribution in [0, 0.1) is 0 Å². The third-order valence-electron chi connectivity index (χ3n) is 4.50. The number of benzene rings is 2. The molecule has 1 N–H and O–H groups in total. The van der Waals surface area contributed by atoms with Crippen LogP contribution >= 0.6 is 0 Å². The highest BCUT2D eigenvalue weighted by Gasteiger charge is 2.14. The first kappa shape index (κ1) is 20.0. The first-order valence-electron chi connectivity index (χ1n) is 9.57. The Labute approximate surface area is 158 Å². The molecule has 2 aromatic carbocycles. The summed E-state index contributed by atoms with van der Waals surface area (Å²) in [7, 11) is 0. The fourth-order valence-corrected chi connectivity index (χ4v) is 3.51. The van der Waals surface area contributed by atoms with Gasteiger partial charge in [-0.1, -0.05) is 42.5 Å². The van der Waals surface area contributed by atoms with E-state index in [4.69, 9.17) is 0 Å². The topological polar surface area (TPSA) is 32.3 Å². The number of rotatable bonds is 8. The standard InChI is InChI=1S/C23H32N2O/c1-17(2)25(18(3)4)22-13-11-21(12-14-22)16-23(26)24-19(5)15-20-9-7-6-8-10-20/h6-14,17-19H,15-16H2,1-5H3,(H,24,26). The first-order chi connectivity index (χ1) is 12.4. The van der Waals surface area contributed by atoms with E-state index in [1.807, 2.05) is 18.2 Å². The van der Waals surface area contributed by atoms with E-state index >= 15 is 0 Å². The van der Waals surface area contributed by atoms with Crippen LogP contribution in [0.2, 0.25) is 0 Å². The summed E-state index contributed by atoms with van der Waals surface area (Å²) in [6, 6.07) is 19.7. The van der Waals surface area contributed by atoms with E-state index in [0.29, 0.717) is 18.5 Å². The minimum Gasteiger partial charge on any atom is -0.367 e. The predicted octanol–water partition coefficient (Wildman–Crippen LogP) is 4.60. The molecule has 0 fully saturated rings. The molecule has 2 aromatic rings. The SMILES string of the molecule is CC(Cc1ccccc1)NC(=O)Cc1ccc(N(C(C)C)C(C)C)cc1. The summed E-state index contributed by atoms with van der Waals surface area (Å²) in [5.74, 6) is 0.0748. The molecule has 2 rings (SSSR count). The van der Waals surface area contributed by atoms with Crippen molar-refractivity contribution in [1.29, 1.82) is 0 Å². The summed E-state index contributed by atoms with van der Waals surface area (Å²) in [6.07, 6.45) is 1.27. The van der Waals surface area contributed by atoms with Gasteiger partial charge < -0.3 is 10.2 Å². The van der Waals surface area contributed by atoms with Crippen molar-refractivity contribution in [1.82, 2.24) is 5.32 Å². The molecule has 0 aliphatic carbocycles. The van der Waals surface area contributed by atoms with Gasteiger partial charge in [0.05, 0.1) is 6.42 Å². The molecule has 0 saturated heterocycles. The second-order valence-electron chi connectivity index (χ2n) is 7.60. The van der Waals surface area contributed by atoms with Crippen molar-refractivity contribution < 1.29 is 4.79 Å². The summed E-state index contributed by atoms with van der Waals surface area (Å²) in [4.78, 5) is 14.7. The lowest BCUT2D eigenvalue weighted by atomic mass is 10.1. The van der Waals surface area contributed by atoms with E-state index in [1.165, 1.54) is 11.3 Å². The summed E-state index contributed by atoms with van der Waals surface area (Å²) < 4.78 is 0. The minimum absolute atomic E-state index is 0.0748. The maximum atomic E-state index is 12.3. The third-order valence-corrected chi connectivity index (χ3v) is 4.50. The Balaban J connectivity index is 1.90. The van der Waals surface area contributed by atoms with E-state index < -0.39 is 0 Å². The van der Waals surface area contributed by atoms with Crippen LogP contribution in [0.25, 0.3) is 0 Å². The van der Waals surface area contributed by atoms with Crippen molar-refractivity contribution >= 4 is 11.6 Å². The lowest BCUT2D eigenvalue weighted by Crippen LogP contribution is -2.37. The van der Waals surface area contributed by atoms with Gasteiger partial charge in [0.15, 0.2) is 0 Å². The van der Waals surface area contributed by atoms with Crippen LogP contribution in [-0.2, 0) is 17.6 Å².